The summed E-state index contributed by atoms with van der Waals surface area (Å²) in [6.07, 6.45) is 1.79. The first-order valence-corrected chi connectivity index (χ1v) is 5.43. The Morgan fingerprint density at radius 3 is 2.80 bits per heavy atom. The van der Waals surface area contributed by atoms with Crippen LogP contribution in [0.2, 0.25) is 0 Å². The molecule has 0 spiro atoms. The third-order valence-electron chi connectivity index (χ3n) is 2.78. The second-order valence-electron chi connectivity index (χ2n) is 5.32. The summed E-state index contributed by atoms with van der Waals surface area (Å²) in [5.74, 6) is 0.982. The normalized spacial score (nSPS) is 29.4. The number of carbonyl (C=O) groups excluding carboxylic acids is 1. The number of hydrogen-bond acceptors (Lipinski definition) is 3. The van der Waals surface area contributed by atoms with E-state index in [1.807, 2.05) is 27.0 Å². The van der Waals surface area contributed by atoms with Crippen LogP contribution in [0.15, 0.2) is 4.99 Å². The van der Waals surface area contributed by atoms with Crippen LogP contribution in [0.1, 0.15) is 20.8 Å². The third kappa shape index (κ3) is 2.30. The van der Waals surface area contributed by atoms with Gasteiger partial charge in [-0.3, -0.25) is 4.99 Å². The molecule has 2 aliphatic heterocycles. The van der Waals surface area contributed by atoms with E-state index >= 15 is 0 Å². The number of hydrogen-bond donors (Lipinski definition) is 0. The van der Waals surface area contributed by atoms with Crippen molar-refractivity contribution in [1.29, 1.82) is 0 Å². The van der Waals surface area contributed by atoms with Crippen LogP contribution in [0, 0.1) is 11.8 Å². The lowest BCUT2D eigenvalue weighted by atomic mass is 10.0. The van der Waals surface area contributed by atoms with Crippen molar-refractivity contribution in [2.24, 2.45) is 16.8 Å². The molecule has 2 unspecified atom stereocenters. The SMILES string of the molecule is CC(C)(C)OC(=O)N1CC2C=NCC2C1. The van der Waals surface area contributed by atoms with E-state index < -0.39 is 5.60 Å². The molecule has 0 saturated carbocycles. The van der Waals surface area contributed by atoms with Crippen LogP contribution in [0.5, 0.6) is 0 Å². The summed E-state index contributed by atoms with van der Waals surface area (Å²) in [4.78, 5) is 17.8. The van der Waals surface area contributed by atoms with Crippen molar-refractivity contribution in [2.45, 2.75) is 26.4 Å². The molecule has 2 aliphatic rings. The van der Waals surface area contributed by atoms with Crippen LogP contribution >= 0.6 is 0 Å². The number of likely N-dealkylation sites (tertiary alicyclic amines) is 1. The topological polar surface area (TPSA) is 41.9 Å². The number of ether oxygens (including phenoxy) is 1. The zero-order chi connectivity index (χ0) is 11.1. The van der Waals surface area contributed by atoms with Gasteiger partial charge in [-0.05, 0) is 20.8 Å². The number of carbonyl (C=O) groups is 1. The Labute approximate surface area is 90.3 Å². The van der Waals surface area contributed by atoms with Gasteiger partial charge >= 0.3 is 6.09 Å². The molecule has 0 N–H and O–H groups in total. The number of aliphatic imine (C=N–C) groups is 1. The molecule has 2 atom stereocenters. The second kappa shape index (κ2) is 3.51. The van der Waals surface area contributed by atoms with Crippen LogP contribution in [0.25, 0.3) is 0 Å². The summed E-state index contributed by atoms with van der Waals surface area (Å²) in [6, 6.07) is 0. The van der Waals surface area contributed by atoms with Gasteiger partial charge in [0.25, 0.3) is 0 Å². The van der Waals surface area contributed by atoms with Crippen LogP contribution in [-0.4, -0.2) is 42.4 Å². The first-order valence-electron chi connectivity index (χ1n) is 5.43. The third-order valence-corrected chi connectivity index (χ3v) is 2.78. The molecule has 15 heavy (non-hydrogen) atoms. The lowest BCUT2D eigenvalue weighted by Gasteiger charge is -2.24. The van der Waals surface area contributed by atoms with Crippen LogP contribution in [0.3, 0.4) is 0 Å². The van der Waals surface area contributed by atoms with Gasteiger partial charge in [0, 0.05) is 37.7 Å². The molecular weight excluding hydrogens is 192 g/mol. The molecule has 84 valence electrons. The summed E-state index contributed by atoms with van der Waals surface area (Å²) in [5.41, 5.74) is -0.400. The van der Waals surface area contributed by atoms with Gasteiger partial charge in [-0.25, -0.2) is 4.79 Å². The van der Waals surface area contributed by atoms with Crippen molar-refractivity contribution in [3.63, 3.8) is 0 Å². The maximum atomic E-state index is 11.8. The average molecular weight is 210 g/mol. The largest absolute Gasteiger partial charge is 0.444 e. The molecular formula is C11H18N2O2. The predicted octanol–water partition coefficient (Wildman–Crippen LogP) is 1.55. The molecule has 0 aromatic carbocycles. The molecule has 1 fully saturated rings. The van der Waals surface area contributed by atoms with Crippen molar-refractivity contribution in [3.05, 3.63) is 0 Å². The highest BCUT2D eigenvalue weighted by molar-refractivity contribution is 5.72. The lowest BCUT2D eigenvalue weighted by molar-refractivity contribution is 0.0286. The molecule has 1 saturated heterocycles. The fourth-order valence-corrected chi connectivity index (χ4v) is 2.07. The van der Waals surface area contributed by atoms with E-state index in [4.69, 9.17) is 4.74 Å². The Hall–Kier alpha value is -1.06. The molecule has 4 nitrogen and oxygen atoms in total. The molecule has 1 amide bonds. The number of nitrogens with zero attached hydrogens (tertiary/aromatic N) is 2. The fourth-order valence-electron chi connectivity index (χ4n) is 2.07. The van der Waals surface area contributed by atoms with E-state index in [0.29, 0.717) is 11.8 Å². The van der Waals surface area contributed by atoms with Gasteiger partial charge in [0.2, 0.25) is 0 Å². The predicted molar refractivity (Wildman–Crippen MR) is 58.1 cm³/mol. The lowest BCUT2D eigenvalue weighted by Crippen LogP contribution is -2.35. The minimum atomic E-state index is -0.400. The van der Waals surface area contributed by atoms with Crippen LogP contribution < -0.4 is 0 Å². The molecule has 2 rings (SSSR count). The van der Waals surface area contributed by atoms with Gasteiger partial charge < -0.3 is 9.64 Å². The minimum Gasteiger partial charge on any atom is -0.444 e. The fraction of sp³-hybridized carbons (Fsp3) is 0.818. The Morgan fingerprint density at radius 2 is 2.20 bits per heavy atom. The minimum absolute atomic E-state index is 0.190. The van der Waals surface area contributed by atoms with Crippen molar-refractivity contribution in [2.75, 3.05) is 19.6 Å². The van der Waals surface area contributed by atoms with E-state index in [-0.39, 0.29) is 6.09 Å². The smallest absolute Gasteiger partial charge is 0.410 e. The van der Waals surface area contributed by atoms with E-state index in [9.17, 15) is 4.79 Å². The Morgan fingerprint density at radius 1 is 1.47 bits per heavy atom. The maximum absolute atomic E-state index is 11.8. The number of fused-ring (bicyclic) bond motifs is 1. The quantitative estimate of drug-likeness (QED) is 0.608. The Balaban J connectivity index is 1.91. The van der Waals surface area contributed by atoms with E-state index in [1.165, 1.54) is 0 Å². The molecule has 0 aromatic heterocycles. The van der Waals surface area contributed by atoms with Gasteiger partial charge in [0.1, 0.15) is 5.60 Å². The standard InChI is InChI=1S/C11H18N2O2/c1-11(2,3)15-10(14)13-6-8-4-12-5-9(8)7-13/h4,8-9H,5-7H2,1-3H3. The first-order chi connectivity index (χ1) is 6.96. The van der Waals surface area contributed by atoms with E-state index in [1.54, 1.807) is 4.90 Å². The molecule has 0 aromatic rings. The van der Waals surface area contributed by atoms with Gasteiger partial charge in [-0.1, -0.05) is 0 Å². The highest BCUT2D eigenvalue weighted by atomic mass is 16.6. The second-order valence-corrected chi connectivity index (χ2v) is 5.32. The van der Waals surface area contributed by atoms with Gasteiger partial charge in [-0.2, -0.15) is 0 Å². The number of rotatable bonds is 0. The monoisotopic (exact) mass is 210 g/mol. The van der Waals surface area contributed by atoms with Crippen LogP contribution in [-0.2, 0) is 4.74 Å². The molecule has 0 aliphatic carbocycles. The first kappa shape index (κ1) is 10.5. The Bertz CT molecular complexity index is 293. The van der Waals surface area contributed by atoms with E-state index in [2.05, 4.69) is 4.99 Å². The summed E-state index contributed by atoms with van der Waals surface area (Å²) in [6.45, 7) is 8.10. The van der Waals surface area contributed by atoms with E-state index in [0.717, 1.165) is 19.6 Å². The number of amides is 1. The van der Waals surface area contributed by atoms with Crippen molar-refractivity contribution in [1.82, 2.24) is 4.90 Å². The van der Waals surface area contributed by atoms with Gasteiger partial charge in [-0.15, -0.1) is 0 Å². The summed E-state index contributed by atoms with van der Waals surface area (Å²) >= 11 is 0. The molecule has 4 heteroatoms. The van der Waals surface area contributed by atoms with Crippen molar-refractivity contribution < 1.29 is 9.53 Å². The summed E-state index contributed by atoms with van der Waals surface area (Å²) in [7, 11) is 0. The van der Waals surface area contributed by atoms with Crippen molar-refractivity contribution >= 4 is 12.3 Å². The molecule has 2 heterocycles. The summed E-state index contributed by atoms with van der Waals surface area (Å²) < 4.78 is 5.33. The summed E-state index contributed by atoms with van der Waals surface area (Å²) in [5, 5.41) is 0. The highest BCUT2D eigenvalue weighted by Gasteiger charge is 2.38. The van der Waals surface area contributed by atoms with Crippen molar-refractivity contribution in [3.8, 4) is 0 Å². The van der Waals surface area contributed by atoms with Crippen LogP contribution in [0.4, 0.5) is 4.79 Å². The highest BCUT2D eigenvalue weighted by Crippen LogP contribution is 2.27. The maximum Gasteiger partial charge on any atom is 0.410 e. The van der Waals surface area contributed by atoms with Gasteiger partial charge in [0.05, 0.1) is 0 Å². The van der Waals surface area contributed by atoms with Gasteiger partial charge in [0.15, 0.2) is 0 Å². The Kier molecular flexibility index (Phi) is 2.44. The molecule has 0 radical (unpaired) electrons. The zero-order valence-corrected chi connectivity index (χ0v) is 9.56. The molecule has 0 bridgehead atoms. The average Bonchev–Trinajstić information content (AvgIpc) is 2.56. The zero-order valence-electron chi connectivity index (χ0n) is 9.56.